The number of morpholine rings is 1. The van der Waals surface area contributed by atoms with Gasteiger partial charge in [-0.1, -0.05) is 77.8 Å². The molecule has 0 atom stereocenters. The number of hydrogen-bond donors (Lipinski definition) is 1. The maximum Gasteiger partial charge on any atom is 0.331 e. The molecule has 0 radical (unpaired) electrons. The fourth-order valence-corrected chi connectivity index (χ4v) is 5.77. The monoisotopic (exact) mass is 638 g/mol. The summed E-state index contributed by atoms with van der Waals surface area (Å²) in [6.07, 6.45) is 11.3. The molecule has 4 aromatic rings. The van der Waals surface area contributed by atoms with Gasteiger partial charge in [0.15, 0.2) is 0 Å². The second-order valence-corrected chi connectivity index (χ2v) is 12.0. The Morgan fingerprint density at radius 1 is 1.02 bits per heavy atom. The molecule has 3 aromatic heterocycles. The Morgan fingerprint density at radius 2 is 1.77 bits per heavy atom. The number of carboxylic acid groups (broad SMARTS) is 1. The van der Waals surface area contributed by atoms with Crippen molar-refractivity contribution < 1.29 is 19.4 Å². The number of aromatic nitrogens is 3. The predicted octanol–water partition coefficient (Wildman–Crippen LogP) is 6.33. The molecule has 4 heterocycles. The van der Waals surface area contributed by atoms with Crippen molar-refractivity contribution in [2.24, 2.45) is 7.05 Å². The summed E-state index contributed by atoms with van der Waals surface area (Å²) in [4.78, 5) is 32.1. The fraction of sp³-hybridized carbons (Fsp3) is 0.410. The zero-order valence-electron chi connectivity index (χ0n) is 28.7. The number of pyridine rings is 1. The number of benzene rings is 1. The van der Waals surface area contributed by atoms with Crippen molar-refractivity contribution in [3.05, 3.63) is 76.4 Å². The minimum absolute atomic E-state index is 0.0167. The van der Waals surface area contributed by atoms with Crippen molar-refractivity contribution in [2.45, 2.75) is 72.8 Å². The van der Waals surface area contributed by atoms with Gasteiger partial charge in [-0.25, -0.2) is 9.78 Å². The van der Waals surface area contributed by atoms with Gasteiger partial charge in [-0.15, -0.1) is 0 Å². The number of aliphatic carboxylic acids is 1. The first-order valence-corrected chi connectivity index (χ1v) is 17.0. The van der Waals surface area contributed by atoms with Gasteiger partial charge in [0.25, 0.3) is 0 Å². The van der Waals surface area contributed by atoms with Crippen LogP contribution >= 0.6 is 0 Å². The summed E-state index contributed by atoms with van der Waals surface area (Å²) in [6, 6.07) is 14.4. The number of hydrogen-bond acceptors (Lipinski definition) is 4. The number of carbonyl (C=O) groups is 2. The normalized spacial score (nSPS) is 13.9. The minimum Gasteiger partial charge on any atom is -0.478 e. The highest BCUT2D eigenvalue weighted by molar-refractivity contribution is 5.89. The van der Waals surface area contributed by atoms with Crippen LogP contribution in [0.4, 0.5) is 0 Å². The molecule has 1 fully saturated rings. The van der Waals surface area contributed by atoms with Crippen molar-refractivity contribution in [1.29, 1.82) is 0 Å². The van der Waals surface area contributed by atoms with Crippen molar-refractivity contribution >= 4 is 35.4 Å². The number of nitrogens with zero attached hydrogens (tertiary/aromatic N) is 4. The Morgan fingerprint density at radius 3 is 2.38 bits per heavy atom. The molecule has 0 spiro atoms. The number of aryl methyl sites for hydroxylation is 1. The molecule has 0 unspecified atom stereocenters. The maximum absolute atomic E-state index is 13.5. The van der Waals surface area contributed by atoms with E-state index in [1.54, 1.807) is 6.08 Å². The van der Waals surface area contributed by atoms with Gasteiger partial charge in [-0.2, -0.15) is 0 Å². The van der Waals surface area contributed by atoms with Crippen LogP contribution in [-0.4, -0.2) is 62.3 Å². The molecule has 47 heavy (non-hydrogen) atoms. The summed E-state index contributed by atoms with van der Waals surface area (Å²) in [5.74, 6) is -0.915. The molecule has 1 saturated heterocycles. The van der Waals surface area contributed by atoms with Crippen LogP contribution in [0.1, 0.15) is 65.4 Å². The molecule has 250 valence electrons. The van der Waals surface area contributed by atoms with Crippen LogP contribution in [0.5, 0.6) is 0 Å². The third-order valence-electron chi connectivity index (χ3n) is 8.73. The predicted molar refractivity (Wildman–Crippen MR) is 191 cm³/mol. The van der Waals surface area contributed by atoms with Crippen LogP contribution in [-0.2, 0) is 34.3 Å². The molecular formula is C39H50N4O4. The van der Waals surface area contributed by atoms with E-state index in [9.17, 15) is 14.7 Å². The minimum atomic E-state index is -0.932. The average molecular weight is 639 g/mol. The van der Waals surface area contributed by atoms with Crippen molar-refractivity contribution in [1.82, 2.24) is 19.0 Å². The number of carbonyl (C=O) groups excluding carboxylic acids is 1. The average Bonchev–Trinajstić information content (AvgIpc) is 3.63. The van der Waals surface area contributed by atoms with Crippen LogP contribution in [0, 0.1) is 0 Å². The quantitative estimate of drug-likeness (QED) is 0.194. The third-order valence-corrected chi connectivity index (χ3v) is 8.73. The van der Waals surface area contributed by atoms with Crippen LogP contribution in [0.2, 0.25) is 0 Å². The lowest BCUT2D eigenvalue weighted by atomic mass is 9.99. The standard InChI is InChI=1S/C35H40N4O4.C4H10/c1-5-7-9-29-28(14-11-25(6-2)35(41)42)24(3)39(23-33(40)38-18-20-43-21-19-38)34(29)27-13-15-30-26(22-27)12-16-31(36-30)32-10-8-17-37(32)4;1-3-4-2/h8,10-17,22H,3,5-7,9,18-21,23H2,1-2,4H3,(H,41,42);3-4H2,1-2H3/b25-11+,28-14+;. The number of unbranched alkanes of at least 4 members (excludes halogenated alkanes) is 2. The first kappa shape index (κ1) is 35.4. The van der Waals surface area contributed by atoms with Gasteiger partial charge >= 0.3 is 5.97 Å². The van der Waals surface area contributed by atoms with Crippen molar-refractivity contribution in [2.75, 3.05) is 26.3 Å². The Balaban J connectivity index is 0.00000118. The molecule has 8 heteroatoms. The number of rotatable bonds is 11. The van der Waals surface area contributed by atoms with Gasteiger partial charge in [0.2, 0.25) is 5.91 Å². The molecule has 8 nitrogen and oxygen atoms in total. The summed E-state index contributed by atoms with van der Waals surface area (Å²) < 4.78 is 9.54. The smallest absolute Gasteiger partial charge is 0.331 e. The summed E-state index contributed by atoms with van der Waals surface area (Å²) in [6.45, 7) is 15.1. The van der Waals surface area contributed by atoms with E-state index in [2.05, 4.69) is 56.2 Å². The van der Waals surface area contributed by atoms with Gasteiger partial charge in [0, 0.05) is 47.9 Å². The lowest BCUT2D eigenvalue weighted by molar-refractivity contribution is -0.136. The highest BCUT2D eigenvalue weighted by atomic mass is 16.5. The molecule has 1 amide bonds. The summed E-state index contributed by atoms with van der Waals surface area (Å²) in [5, 5.41) is 12.2. The number of carboxylic acids is 1. The summed E-state index contributed by atoms with van der Waals surface area (Å²) >= 11 is 0. The summed E-state index contributed by atoms with van der Waals surface area (Å²) in [7, 11) is 2.01. The van der Waals surface area contributed by atoms with E-state index >= 15 is 0 Å². The first-order valence-electron chi connectivity index (χ1n) is 17.0. The van der Waals surface area contributed by atoms with Gasteiger partial charge in [0.05, 0.1) is 35.8 Å². The zero-order chi connectivity index (χ0) is 33.9. The maximum atomic E-state index is 13.5. The Kier molecular flexibility index (Phi) is 12.8. The lowest BCUT2D eigenvalue weighted by Gasteiger charge is -2.27. The number of allylic oxidation sites excluding steroid dienone is 1. The Bertz CT molecular complexity index is 1820. The number of fused-ring (bicyclic) bond motifs is 1. The highest BCUT2D eigenvalue weighted by Gasteiger charge is 2.22. The zero-order valence-corrected chi connectivity index (χ0v) is 28.7. The highest BCUT2D eigenvalue weighted by Crippen LogP contribution is 2.28. The van der Waals surface area contributed by atoms with E-state index in [0.717, 1.165) is 63.6 Å². The van der Waals surface area contributed by atoms with Crippen molar-refractivity contribution in [3.8, 4) is 22.6 Å². The van der Waals surface area contributed by atoms with E-state index in [0.29, 0.717) is 43.6 Å². The van der Waals surface area contributed by atoms with Crippen LogP contribution in [0.25, 0.3) is 46.2 Å². The molecular weight excluding hydrogens is 588 g/mol. The van der Waals surface area contributed by atoms with E-state index in [-0.39, 0.29) is 12.5 Å². The SMILES string of the molecule is C=c1/c(=C\C=C(/CC)C(=O)O)c(CCCC)c(-c2ccc3nc(-c4cccn4C)ccc3c2)n1CC(=O)N1CCOCC1.CCCC. The van der Waals surface area contributed by atoms with E-state index in [1.807, 2.05) is 53.9 Å². The first-order chi connectivity index (χ1) is 22.7. The molecule has 0 aliphatic carbocycles. The second kappa shape index (κ2) is 16.9. The third kappa shape index (κ3) is 8.49. The fourth-order valence-electron chi connectivity index (χ4n) is 5.77. The topological polar surface area (TPSA) is 89.6 Å². The molecule has 1 aliphatic heterocycles. The molecule has 1 aliphatic rings. The molecule has 1 N–H and O–H groups in total. The van der Waals surface area contributed by atoms with Gasteiger partial charge in [-0.05, 0) is 60.7 Å². The van der Waals surface area contributed by atoms with E-state index < -0.39 is 5.97 Å². The Labute approximate surface area is 278 Å². The van der Waals surface area contributed by atoms with Crippen molar-refractivity contribution in [3.63, 3.8) is 0 Å². The van der Waals surface area contributed by atoms with Crippen LogP contribution < -0.4 is 10.6 Å². The molecule has 5 rings (SSSR count). The number of amides is 1. The van der Waals surface area contributed by atoms with E-state index in [1.165, 1.54) is 12.8 Å². The number of ether oxygens (including phenoxy) is 1. The second-order valence-electron chi connectivity index (χ2n) is 12.0. The van der Waals surface area contributed by atoms with Gasteiger partial charge in [-0.3, -0.25) is 4.79 Å². The molecule has 0 saturated carbocycles. The molecule has 0 bridgehead atoms. The molecule has 1 aromatic carbocycles. The van der Waals surface area contributed by atoms with Crippen LogP contribution in [0.15, 0.2) is 60.3 Å². The largest absolute Gasteiger partial charge is 0.478 e. The van der Waals surface area contributed by atoms with Crippen LogP contribution in [0.3, 0.4) is 0 Å². The Hall–Kier alpha value is -4.43. The van der Waals surface area contributed by atoms with E-state index in [4.69, 9.17) is 9.72 Å². The van der Waals surface area contributed by atoms with Gasteiger partial charge in [0.1, 0.15) is 6.54 Å². The summed E-state index contributed by atoms with van der Waals surface area (Å²) in [5.41, 5.74) is 6.16. The van der Waals surface area contributed by atoms with Gasteiger partial charge < -0.3 is 23.9 Å². The lowest BCUT2D eigenvalue weighted by Crippen LogP contribution is -2.43.